The lowest BCUT2D eigenvalue weighted by Gasteiger charge is -2.09. The number of rotatable bonds is 6. The molecule has 3 nitrogen and oxygen atoms in total. The molecule has 0 aliphatic heterocycles. The summed E-state index contributed by atoms with van der Waals surface area (Å²) in [4.78, 5) is 0. The first-order chi connectivity index (χ1) is 9.63. The lowest BCUT2D eigenvalue weighted by atomic mass is 10.1. The zero-order chi connectivity index (χ0) is 14.4. The average molecular weight is 270 g/mol. The smallest absolute Gasteiger partial charge is 0.119 e. The lowest BCUT2D eigenvalue weighted by Crippen LogP contribution is -2.20. The van der Waals surface area contributed by atoms with Gasteiger partial charge in [-0.1, -0.05) is 18.2 Å². The van der Waals surface area contributed by atoms with Crippen molar-refractivity contribution >= 4 is 5.69 Å². The predicted octanol–water partition coefficient (Wildman–Crippen LogP) is 3.05. The number of aryl methyl sites for hydroxylation is 2. The van der Waals surface area contributed by atoms with Gasteiger partial charge in [0.1, 0.15) is 12.4 Å². The number of nitrogen functional groups attached to an aromatic ring is 1. The van der Waals surface area contributed by atoms with E-state index in [1.54, 1.807) is 0 Å². The van der Waals surface area contributed by atoms with Crippen molar-refractivity contribution < 1.29 is 4.74 Å². The Morgan fingerprint density at radius 3 is 2.30 bits per heavy atom. The van der Waals surface area contributed by atoms with Crippen LogP contribution in [0.3, 0.4) is 0 Å². The number of benzene rings is 2. The van der Waals surface area contributed by atoms with Gasteiger partial charge in [0.15, 0.2) is 0 Å². The summed E-state index contributed by atoms with van der Waals surface area (Å²) in [6.45, 7) is 6.48. The van der Waals surface area contributed by atoms with E-state index in [1.807, 2.05) is 24.3 Å². The van der Waals surface area contributed by atoms with Gasteiger partial charge in [-0.25, -0.2) is 0 Å². The van der Waals surface area contributed by atoms with Gasteiger partial charge in [0.2, 0.25) is 0 Å². The van der Waals surface area contributed by atoms with Crippen LogP contribution in [0.25, 0.3) is 0 Å². The van der Waals surface area contributed by atoms with Crippen LogP contribution in [0.4, 0.5) is 5.69 Å². The number of ether oxygens (including phenoxy) is 1. The molecule has 0 fully saturated rings. The first-order valence-corrected chi connectivity index (χ1v) is 6.90. The van der Waals surface area contributed by atoms with Gasteiger partial charge in [0.05, 0.1) is 0 Å². The molecule has 3 heteroatoms. The SMILES string of the molecule is Cc1cc(C)cc(OCCNCc2ccc(N)cc2)c1. The van der Waals surface area contributed by atoms with Crippen LogP contribution in [-0.4, -0.2) is 13.2 Å². The summed E-state index contributed by atoms with van der Waals surface area (Å²) in [6.07, 6.45) is 0. The molecule has 0 atom stereocenters. The van der Waals surface area contributed by atoms with Crippen molar-refractivity contribution in [2.45, 2.75) is 20.4 Å². The molecule has 0 unspecified atom stereocenters. The van der Waals surface area contributed by atoms with Crippen molar-refractivity contribution in [3.05, 3.63) is 59.2 Å². The van der Waals surface area contributed by atoms with Crippen molar-refractivity contribution in [1.29, 1.82) is 0 Å². The first-order valence-electron chi connectivity index (χ1n) is 6.90. The van der Waals surface area contributed by atoms with Gasteiger partial charge < -0.3 is 15.8 Å². The van der Waals surface area contributed by atoms with E-state index in [0.717, 1.165) is 24.5 Å². The fraction of sp³-hybridized carbons (Fsp3) is 0.294. The summed E-state index contributed by atoms with van der Waals surface area (Å²) in [5, 5.41) is 3.35. The quantitative estimate of drug-likeness (QED) is 0.626. The fourth-order valence-corrected chi connectivity index (χ4v) is 2.13. The zero-order valence-electron chi connectivity index (χ0n) is 12.1. The Kier molecular flexibility index (Phi) is 5.02. The van der Waals surface area contributed by atoms with E-state index in [1.165, 1.54) is 16.7 Å². The molecule has 0 heterocycles. The molecule has 0 radical (unpaired) electrons. The molecule has 0 bridgehead atoms. The van der Waals surface area contributed by atoms with E-state index in [-0.39, 0.29) is 0 Å². The van der Waals surface area contributed by atoms with E-state index in [9.17, 15) is 0 Å². The zero-order valence-corrected chi connectivity index (χ0v) is 12.1. The van der Waals surface area contributed by atoms with Crippen LogP contribution in [0, 0.1) is 13.8 Å². The second kappa shape index (κ2) is 6.96. The lowest BCUT2D eigenvalue weighted by molar-refractivity contribution is 0.313. The molecule has 3 N–H and O–H groups in total. The summed E-state index contributed by atoms with van der Waals surface area (Å²) in [5.41, 5.74) is 10.1. The van der Waals surface area contributed by atoms with Gasteiger partial charge in [-0.15, -0.1) is 0 Å². The van der Waals surface area contributed by atoms with Crippen molar-refractivity contribution in [1.82, 2.24) is 5.32 Å². The maximum absolute atomic E-state index is 5.74. The maximum Gasteiger partial charge on any atom is 0.119 e. The Morgan fingerprint density at radius 1 is 1.00 bits per heavy atom. The highest BCUT2D eigenvalue weighted by atomic mass is 16.5. The standard InChI is InChI=1S/C17H22N2O/c1-13-9-14(2)11-17(10-13)20-8-7-19-12-15-3-5-16(18)6-4-15/h3-6,9-11,19H,7-8,12,18H2,1-2H3. The molecule has 0 aliphatic rings. The molecule has 2 aromatic rings. The molecule has 0 spiro atoms. The third-order valence-corrected chi connectivity index (χ3v) is 3.05. The second-order valence-corrected chi connectivity index (χ2v) is 5.09. The molecule has 2 aromatic carbocycles. The van der Waals surface area contributed by atoms with E-state index < -0.39 is 0 Å². The topological polar surface area (TPSA) is 47.3 Å². The van der Waals surface area contributed by atoms with E-state index in [4.69, 9.17) is 10.5 Å². The highest BCUT2D eigenvalue weighted by Crippen LogP contribution is 2.15. The summed E-state index contributed by atoms with van der Waals surface area (Å²) in [6, 6.07) is 14.2. The van der Waals surface area contributed by atoms with Crippen LogP contribution >= 0.6 is 0 Å². The van der Waals surface area contributed by atoms with Gasteiger partial charge in [0.25, 0.3) is 0 Å². The van der Waals surface area contributed by atoms with Gasteiger partial charge in [0, 0.05) is 18.8 Å². The maximum atomic E-state index is 5.74. The van der Waals surface area contributed by atoms with Crippen LogP contribution in [0.15, 0.2) is 42.5 Å². The third-order valence-electron chi connectivity index (χ3n) is 3.05. The second-order valence-electron chi connectivity index (χ2n) is 5.09. The third kappa shape index (κ3) is 4.59. The van der Waals surface area contributed by atoms with E-state index >= 15 is 0 Å². The largest absolute Gasteiger partial charge is 0.492 e. The molecule has 20 heavy (non-hydrogen) atoms. The molecule has 0 aromatic heterocycles. The number of nitrogens with two attached hydrogens (primary N) is 1. The van der Waals surface area contributed by atoms with Crippen LogP contribution in [0.1, 0.15) is 16.7 Å². The molecule has 2 rings (SSSR count). The summed E-state index contributed by atoms with van der Waals surface area (Å²) in [5.74, 6) is 0.941. The highest BCUT2D eigenvalue weighted by Gasteiger charge is 1.97. The Labute approximate surface area is 120 Å². The summed E-state index contributed by atoms with van der Waals surface area (Å²) in [7, 11) is 0. The fourth-order valence-electron chi connectivity index (χ4n) is 2.13. The van der Waals surface area contributed by atoms with E-state index in [0.29, 0.717) is 6.61 Å². The molecule has 0 saturated carbocycles. The number of hydrogen-bond acceptors (Lipinski definition) is 3. The summed E-state index contributed by atoms with van der Waals surface area (Å²) >= 11 is 0. The Balaban J connectivity index is 1.70. The average Bonchev–Trinajstić information content (AvgIpc) is 2.39. The number of nitrogens with one attached hydrogen (secondary N) is 1. The molecule has 0 aliphatic carbocycles. The van der Waals surface area contributed by atoms with Crippen molar-refractivity contribution in [2.24, 2.45) is 0 Å². The Hall–Kier alpha value is -2.00. The minimum Gasteiger partial charge on any atom is -0.492 e. The molecular weight excluding hydrogens is 248 g/mol. The normalized spacial score (nSPS) is 10.5. The van der Waals surface area contributed by atoms with Gasteiger partial charge in [-0.2, -0.15) is 0 Å². The minimum atomic E-state index is 0.665. The predicted molar refractivity (Wildman–Crippen MR) is 84.0 cm³/mol. The monoisotopic (exact) mass is 270 g/mol. The van der Waals surface area contributed by atoms with Crippen molar-refractivity contribution in [2.75, 3.05) is 18.9 Å². The van der Waals surface area contributed by atoms with Gasteiger partial charge >= 0.3 is 0 Å². The van der Waals surface area contributed by atoms with Crippen LogP contribution < -0.4 is 15.8 Å². The summed E-state index contributed by atoms with van der Waals surface area (Å²) < 4.78 is 5.74. The van der Waals surface area contributed by atoms with Crippen LogP contribution in [-0.2, 0) is 6.54 Å². The van der Waals surface area contributed by atoms with Gasteiger partial charge in [-0.3, -0.25) is 0 Å². The minimum absolute atomic E-state index is 0.665. The highest BCUT2D eigenvalue weighted by molar-refractivity contribution is 5.39. The van der Waals surface area contributed by atoms with Crippen molar-refractivity contribution in [3.8, 4) is 5.75 Å². The Bertz CT molecular complexity index is 529. The molecule has 0 amide bonds. The molecule has 106 valence electrons. The van der Waals surface area contributed by atoms with Gasteiger partial charge in [-0.05, 0) is 54.8 Å². The van der Waals surface area contributed by atoms with E-state index in [2.05, 4.69) is 37.4 Å². The van der Waals surface area contributed by atoms with Crippen molar-refractivity contribution in [3.63, 3.8) is 0 Å². The first kappa shape index (κ1) is 14.4. The number of hydrogen-bond donors (Lipinski definition) is 2. The Morgan fingerprint density at radius 2 is 1.65 bits per heavy atom. The van der Waals surface area contributed by atoms with Crippen LogP contribution in [0.5, 0.6) is 5.75 Å². The molecule has 0 saturated heterocycles. The molecular formula is C17H22N2O. The van der Waals surface area contributed by atoms with Crippen LogP contribution in [0.2, 0.25) is 0 Å². The number of anilines is 1.